The van der Waals surface area contributed by atoms with Gasteiger partial charge in [-0.2, -0.15) is 4.99 Å². The van der Waals surface area contributed by atoms with E-state index in [1.165, 1.54) is 22.7 Å². The van der Waals surface area contributed by atoms with Crippen molar-refractivity contribution < 1.29 is 23.9 Å². The summed E-state index contributed by atoms with van der Waals surface area (Å²) in [6.45, 7) is 3.94. The van der Waals surface area contributed by atoms with Crippen LogP contribution in [-0.2, 0) is 32.0 Å². The summed E-state index contributed by atoms with van der Waals surface area (Å²) < 4.78 is 12.5. The maximum absolute atomic E-state index is 12.4. The molecule has 0 fully saturated rings. The van der Waals surface area contributed by atoms with E-state index in [2.05, 4.69) is 4.99 Å². The van der Waals surface area contributed by atoms with Gasteiger partial charge in [-0.05, 0) is 43.5 Å². The molecule has 3 rings (SSSR count). The van der Waals surface area contributed by atoms with Gasteiger partial charge in [0.05, 0.1) is 35.4 Å². The molecule has 1 amide bonds. The lowest BCUT2D eigenvalue weighted by Crippen LogP contribution is -2.23. The van der Waals surface area contributed by atoms with Crippen LogP contribution in [0.15, 0.2) is 40.7 Å². The minimum atomic E-state index is -0.424. The van der Waals surface area contributed by atoms with Gasteiger partial charge < -0.3 is 14.0 Å². The Hall–Kier alpha value is -2.78. The second-order valence-corrected chi connectivity index (χ2v) is 7.98. The summed E-state index contributed by atoms with van der Waals surface area (Å²) in [4.78, 5) is 42.0. The fourth-order valence-electron chi connectivity index (χ4n) is 2.70. The van der Waals surface area contributed by atoms with Crippen LogP contribution in [0.3, 0.4) is 0 Å². The van der Waals surface area contributed by atoms with E-state index in [4.69, 9.17) is 9.47 Å². The molecule has 0 spiro atoms. The van der Waals surface area contributed by atoms with E-state index in [0.29, 0.717) is 15.9 Å². The topological polar surface area (TPSA) is 87.0 Å². The summed E-state index contributed by atoms with van der Waals surface area (Å²) in [5, 5.41) is 1.90. The number of esters is 2. The first kappa shape index (κ1) is 20.9. The lowest BCUT2D eigenvalue weighted by atomic mass is 10.2. The smallest absolute Gasteiger partial charge is 0.338 e. The minimum Gasteiger partial charge on any atom is -0.465 e. The number of thiazole rings is 1. The van der Waals surface area contributed by atoms with Gasteiger partial charge in [0.1, 0.15) is 6.54 Å². The average Bonchev–Trinajstić information content (AvgIpc) is 3.30. The minimum absolute atomic E-state index is 0.0717. The van der Waals surface area contributed by atoms with Gasteiger partial charge in [-0.15, -0.1) is 11.3 Å². The molecule has 7 nitrogen and oxygen atoms in total. The summed E-state index contributed by atoms with van der Waals surface area (Å²) in [6, 6.07) is 8.79. The van der Waals surface area contributed by atoms with Crippen LogP contribution in [0.1, 0.15) is 29.1 Å². The van der Waals surface area contributed by atoms with Crippen molar-refractivity contribution in [2.75, 3.05) is 13.2 Å². The Bertz CT molecular complexity index is 1100. The number of aromatic nitrogens is 1. The zero-order valence-electron chi connectivity index (χ0n) is 16.0. The van der Waals surface area contributed by atoms with E-state index < -0.39 is 11.9 Å². The van der Waals surface area contributed by atoms with Crippen molar-refractivity contribution in [2.45, 2.75) is 26.8 Å². The number of thiophene rings is 1. The van der Waals surface area contributed by atoms with Crippen LogP contribution in [0.25, 0.3) is 10.2 Å². The van der Waals surface area contributed by atoms with Gasteiger partial charge in [0, 0.05) is 4.88 Å². The molecule has 0 N–H and O–H groups in total. The molecule has 3 aromatic rings. The zero-order valence-corrected chi connectivity index (χ0v) is 17.7. The third kappa shape index (κ3) is 5.18. The molecule has 2 heterocycles. The van der Waals surface area contributed by atoms with Crippen molar-refractivity contribution in [1.29, 1.82) is 0 Å². The third-order valence-corrected chi connectivity index (χ3v) is 5.83. The quantitative estimate of drug-likeness (QED) is 0.535. The van der Waals surface area contributed by atoms with Gasteiger partial charge in [0.15, 0.2) is 4.80 Å². The van der Waals surface area contributed by atoms with E-state index in [-0.39, 0.29) is 32.1 Å². The van der Waals surface area contributed by atoms with Crippen molar-refractivity contribution in [1.82, 2.24) is 4.57 Å². The molecule has 0 aliphatic carbocycles. The van der Waals surface area contributed by atoms with Gasteiger partial charge in [-0.25, -0.2) is 4.79 Å². The van der Waals surface area contributed by atoms with Crippen LogP contribution in [0.4, 0.5) is 0 Å². The van der Waals surface area contributed by atoms with Crippen molar-refractivity contribution in [3.63, 3.8) is 0 Å². The molecule has 0 atom stereocenters. The summed E-state index contributed by atoms with van der Waals surface area (Å²) >= 11 is 2.73. The van der Waals surface area contributed by atoms with Crippen molar-refractivity contribution >= 4 is 50.7 Å². The number of amides is 1. The predicted octanol–water partition coefficient (Wildman–Crippen LogP) is 3.17. The SMILES string of the molecule is CCOC(=O)Cn1c(=NC(=O)Cc2cccs2)sc2cc(C(=O)OCC)ccc21. The number of rotatable bonds is 7. The number of ether oxygens (including phenoxy) is 2. The number of hydrogen-bond acceptors (Lipinski definition) is 7. The van der Waals surface area contributed by atoms with Crippen molar-refractivity contribution in [2.24, 2.45) is 4.99 Å². The number of benzene rings is 1. The van der Waals surface area contributed by atoms with Gasteiger partial charge in [-0.1, -0.05) is 17.4 Å². The Morgan fingerprint density at radius 2 is 1.90 bits per heavy atom. The molecular formula is C20H20N2O5S2. The third-order valence-electron chi connectivity index (χ3n) is 3.91. The molecule has 0 saturated heterocycles. The monoisotopic (exact) mass is 432 g/mol. The standard InChI is InChI=1S/C20H20N2O5S2/c1-3-26-18(24)12-22-15-8-7-13(19(25)27-4-2)10-16(15)29-20(22)21-17(23)11-14-6-5-9-28-14/h5-10H,3-4,11-12H2,1-2H3. The summed E-state index contributed by atoms with van der Waals surface area (Å²) in [5.74, 6) is -1.15. The molecule has 0 saturated carbocycles. The van der Waals surface area contributed by atoms with Crippen molar-refractivity contribution in [3.05, 3.63) is 51.0 Å². The van der Waals surface area contributed by atoms with E-state index in [9.17, 15) is 14.4 Å². The normalized spacial score (nSPS) is 11.6. The lowest BCUT2D eigenvalue weighted by molar-refractivity contribution is -0.143. The highest BCUT2D eigenvalue weighted by molar-refractivity contribution is 7.16. The summed E-state index contributed by atoms with van der Waals surface area (Å²) in [5.41, 5.74) is 1.10. The molecule has 0 radical (unpaired) electrons. The molecule has 2 aromatic heterocycles. The highest BCUT2D eigenvalue weighted by Crippen LogP contribution is 2.20. The Morgan fingerprint density at radius 3 is 2.59 bits per heavy atom. The first-order valence-electron chi connectivity index (χ1n) is 9.07. The number of carbonyl (C=O) groups is 3. The van der Waals surface area contributed by atoms with Gasteiger partial charge >= 0.3 is 11.9 Å². The molecular weight excluding hydrogens is 412 g/mol. The maximum atomic E-state index is 12.4. The van der Waals surface area contributed by atoms with Crippen LogP contribution in [-0.4, -0.2) is 35.6 Å². The van der Waals surface area contributed by atoms with Crippen LogP contribution in [0, 0.1) is 0 Å². The Balaban J connectivity index is 2.02. The Kier molecular flexibility index (Phi) is 6.95. The van der Waals surface area contributed by atoms with E-state index in [0.717, 1.165) is 9.58 Å². The molecule has 0 unspecified atom stereocenters. The van der Waals surface area contributed by atoms with Crippen LogP contribution in [0.5, 0.6) is 0 Å². The fraction of sp³-hybridized carbons (Fsp3) is 0.300. The van der Waals surface area contributed by atoms with Gasteiger partial charge in [-0.3, -0.25) is 9.59 Å². The molecule has 0 aliphatic heterocycles. The number of nitrogens with zero attached hydrogens (tertiary/aromatic N) is 2. The average molecular weight is 433 g/mol. The highest BCUT2D eigenvalue weighted by atomic mass is 32.1. The van der Waals surface area contributed by atoms with Crippen LogP contribution in [0.2, 0.25) is 0 Å². The van der Waals surface area contributed by atoms with Gasteiger partial charge in [0.25, 0.3) is 5.91 Å². The van der Waals surface area contributed by atoms with Gasteiger partial charge in [0.2, 0.25) is 0 Å². The molecule has 1 aromatic carbocycles. The molecule has 0 aliphatic rings. The molecule has 152 valence electrons. The predicted molar refractivity (Wildman–Crippen MR) is 111 cm³/mol. The fourth-order valence-corrected chi connectivity index (χ4v) is 4.48. The number of hydrogen-bond donors (Lipinski definition) is 0. The van der Waals surface area contributed by atoms with Crippen LogP contribution < -0.4 is 4.80 Å². The largest absolute Gasteiger partial charge is 0.465 e. The molecule has 0 bridgehead atoms. The molecule has 9 heteroatoms. The number of fused-ring (bicyclic) bond motifs is 1. The van der Waals surface area contributed by atoms with E-state index >= 15 is 0 Å². The van der Waals surface area contributed by atoms with Crippen molar-refractivity contribution in [3.8, 4) is 0 Å². The lowest BCUT2D eigenvalue weighted by Gasteiger charge is -2.06. The second kappa shape index (κ2) is 9.62. The second-order valence-electron chi connectivity index (χ2n) is 5.94. The summed E-state index contributed by atoms with van der Waals surface area (Å²) in [7, 11) is 0. The van der Waals surface area contributed by atoms with E-state index in [1.807, 2.05) is 17.5 Å². The maximum Gasteiger partial charge on any atom is 0.338 e. The summed E-state index contributed by atoms with van der Waals surface area (Å²) in [6.07, 6.45) is 0.194. The van der Waals surface area contributed by atoms with Crippen LogP contribution >= 0.6 is 22.7 Å². The Labute approximate surface area is 175 Å². The Morgan fingerprint density at radius 1 is 1.10 bits per heavy atom. The first-order valence-corrected chi connectivity index (χ1v) is 10.8. The van der Waals surface area contributed by atoms with E-state index in [1.54, 1.807) is 36.6 Å². The first-order chi connectivity index (χ1) is 14.0. The molecule has 29 heavy (non-hydrogen) atoms. The number of carbonyl (C=O) groups excluding carboxylic acids is 3. The highest BCUT2D eigenvalue weighted by Gasteiger charge is 2.15. The zero-order chi connectivity index (χ0) is 20.8.